The van der Waals surface area contributed by atoms with Crippen molar-refractivity contribution in [2.24, 2.45) is 5.92 Å². The Kier molecular flexibility index (Phi) is 5.84. The molecule has 0 amide bonds. The molecule has 0 bridgehead atoms. The lowest BCUT2D eigenvalue weighted by molar-refractivity contribution is 0.238. The van der Waals surface area contributed by atoms with Gasteiger partial charge < -0.3 is 34.1 Å². The highest BCUT2D eigenvalue weighted by Gasteiger charge is 2.25. The Balaban J connectivity index is 1.44. The van der Waals surface area contributed by atoms with Gasteiger partial charge in [-0.25, -0.2) is 9.50 Å². The largest absolute Gasteiger partial charge is 0.493 e. The molecule has 0 unspecified atom stereocenters. The number of benzene rings is 1. The molecule has 1 fully saturated rings. The van der Waals surface area contributed by atoms with Crippen molar-refractivity contribution in [3.8, 4) is 22.9 Å². The van der Waals surface area contributed by atoms with Crippen molar-refractivity contribution in [1.29, 1.82) is 0 Å². The topological polar surface area (TPSA) is 111 Å². The zero-order chi connectivity index (χ0) is 23.7. The van der Waals surface area contributed by atoms with E-state index in [1.807, 2.05) is 41.2 Å². The minimum absolute atomic E-state index is 0.183. The summed E-state index contributed by atoms with van der Waals surface area (Å²) in [5, 5.41) is 17.3. The van der Waals surface area contributed by atoms with Crippen molar-refractivity contribution < 1.29 is 19.3 Å². The third kappa shape index (κ3) is 3.94. The SMILES string of the molecule is COc1cc(-n2cnc(Nc3nc(N4CC[C@@H](CO)C4)c4cccn4n3)c2)cc(OC)c1OC. The number of hydrogen-bond donors (Lipinski definition) is 2. The van der Waals surface area contributed by atoms with Gasteiger partial charge in [-0.1, -0.05) is 0 Å². The minimum Gasteiger partial charge on any atom is -0.493 e. The predicted octanol–water partition coefficient (Wildman–Crippen LogP) is 2.50. The number of anilines is 3. The van der Waals surface area contributed by atoms with E-state index in [9.17, 15) is 5.11 Å². The average molecular weight is 466 g/mol. The fourth-order valence-electron chi connectivity index (χ4n) is 4.24. The van der Waals surface area contributed by atoms with E-state index in [1.54, 1.807) is 32.2 Å². The summed E-state index contributed by atoms with van der Waals surface area (Å²) >= 11 is 0. The van der Waals surface area contributed by atoms with Gasteiger partial charge in [0.25, 0.3) is 0 Å². The maximum absolute atomic E-state index is 9.53. The summed E-state index contributed by atoms with van der Waals surface area (Å²) in [5.74, 6) is 3.74. The van der Waals surface area contributed by atoms with Crippen LogP contribution in [-0.2, 0) is 0 Å². The lowest BCUT2D eigenvalue weighted by Crippen LogP contribution is -2.23. The molecule has 4 aromatic rings. The summed E-state index contributed by atoms with van der Waals surface area (Å²) in [6, 6.07) is 7.62. The molecule has 0 radical (unpaired) electrons. The number of hydrogen-bond acceptors (Lipinski definition) is 9. The molecule has 178 valence electrons. The van der Waals surface area contributed by atoms with Crippen molar-refractivity contribution >= 4 is 23.1 Å². The van der Waals surface area contributed by atoms with Gasteiger partial charge >= 0.3 is 0 Å². The number of nitrogens with zero attached hydrogens (tertiary/aromatic N) is 6. The molecule has 11 heteroatoms. The molecule has 1 aliphatic heterocycles. The summed E-state index contributed by atoms with van der Waals surface area (Å²) in [6.45, 7) is 1.80. The molecular weight excluding hydrogens is 438 g/mol. The summed E-state index contributed by atoms with van der Waals surface area (Å²) < 4.78 is 20.0. The number of fused-ring (bicyclic) bond motifs is 1. The maximum atomic E-state index is 9.53. The van der Waals surface area contributed by atoms with Crippen LogP contribution in [0.4, 0.5) is 17.6 Å². The van der Waals surface area contributed by atoms with Gasteiger partial charge in [0.05, 0.1) is 33.2 Å². The second-order valence-electron chi connectivity index (χ2n) is 8.06. The van der Waals surface area contributed by atoms with E-state index in [4.69, 9.17) is 19.2 Å². The van der Waals surface area contributed by atoms with Crippen LogP contribution in [0, 0.1) is 5.92 Å². The van der Waals surface area contributed by atoms with E-state index in [0.29, 0.717) is 29.0 Å². The van der Waals surface area contributed by atoms with E-state index < -0.39 is 0 Å². The van der Waals surface area contributed by atoms with Crippen molar-refractivity contribution in [3.05, 3.63) is 43.0 Å². The molecule has 11 nitrogen and oxygen atoms in total. The van der Waals surface area contributed by atoms with Crippen LogP contribution in [0.2, 0.25) is 0 Å². The van der Waals surface area contributed by atoms with E-state index in [0.717, 1.165) is 36.5 Å². The molecule has 2 N–H and O–H groups in total. The van der Waals surface area contributed by atoms with Crippen molar-refractivity contribution in [2.45, 2.75) is 6.42 Å². The third-order valence-corrected chi connectivity index (χ3v) is 5.99. The summed E-state index contributed by atoms with van der Waals surface area (Å²) in [5.41, 5.74) is 1.72. The Labute approximate surface area is 196 Å². The second kappa shape index (κ2) is 9.10. The van der Waals surface area contributed by atoms with Gasteiger partial charge in [-0.2, -0.15) is 4.98 Å². The fraction of sp³-hybridized carbons (Fsp3) is 0.348. The standard InChI is InChI=1S/C23H27N7O4/c1-32-18-9-16(10-19(33-2)21(18)34-3)29-12-20(24-14-29)25-23-26-22(17-5-4-7-30(17)27-23)28-8-6-15(11-28)13-31/h4-5,7,9-10,12,14-15,31H,6,8,11,13H2,1-3H3,(H,25,27)/t15-/m1/s1. The maximum Gasteiger partial charge on any atom is 0.248 e. The highest BCUT2D eigenvalue weighted by molar-refractivity contribution is 5.71. The molecule has 5 rings (SSSR count). The molecule has 4 heterocycles. The highest BCUT2D eigenvalue weighted by Crippen LogP contribution is 2.39. The molecule has 0 saturated carbocycles. The quantitative estimate of drug-likeness (QED) is 0.405. The normalized spacial score (nSPS) is 15.6. The van der Waals surface area contributed by atoms with Crippen LogP contribution in [0.25, 0.3) is 11.2 Å². The average Bonchev–Trinajstić information content (AvgIpc) is 3.63. The molecule has 0 spiro atoms. The van der Waals surface area contributed by atoms with Crippen LogP contribution in [0.5, 0.6) is 17.2 Å². The Bertz CT molecular complexity index is 1280. The van der Waals surface area contributed by atoms with Gasteiger partial charge in [0.2, 0.25) is 11.7 Å². The molecule has 1 aromatic carbocycles. The van der Waals surface area contributed by atoms with Crippen LogP contribution >= 0.6 is 0 Å². The Morgan fingerprint density at radius 2 is 1.94 bits per heavy atom. The monoisotopic (exact) mass is 465 g/mol. The lowest BCUT2D eigenvalue weighted by Gasteiger charge is -2.19. The lowest BCUT2D eigenvalue weighted by atomic mass is 10.1. The molecular formula is C23H27N7O4. The van der Waals surface area contributed by atoms with Crippen molar-refractivity contribution in [3.63, 3.8) is 0 Å². The first-order chi connectivity index (χ1) is 16.6. The number of aliphatic hydroxyl groups excluding tert-OH is 1. The van der Waals surface area contributed by atoms with Gasteiger partial charge in [0.1, 0.15) is 11.8 Å². The Hall–Kier alpha value is -3.99. The fourth-order valence-corrected chi connectivity index (χ4v) is 4.24. The smallest absolute Gasteiger partial charge is 0.248 e. The molecule has 3 aromatic heterocycles. The predicted molar refractivity (Wildman–Crippen MR) is 127 cm³/mol. The van der Waals surface area contributed by atoms with Crippen LogP contribution in [0.15, 0.2) is 43.0 Å². The van der Waals surface area contributed by atoms with Crippen LogP contribution in [0.1, 0.15) is 6.42 Å². The number of aromatic nitrogens is 5. The number of nitrogens with one attached hydrogen (secondary N) is 1. The Morgan fingerprint density at radius 3 is 2.62 bits per heavy atom. The van der Waals surface area contributed by atoms with Crippen molar-refractivity contribution in [2.75, 3.05) is 51.2 Å². The molecule has 1 saturated heterocycles. The van der Waals surface area contributed by atoms with E-state index in [1.165, 1.54) is 0 Å². The minimum atomic E-state index is 0.183. The summed E-state index contributed by atoms with van der Waals surface area (Å²) in [7, 11) is 4.73. The first kappa shape index (κ1) is 21.8. The van der Waals surface area contributed by atoms with E-state index in [2.05, 4.69) is 20.3 Å². The number of rotatable bonds is 8. The number of aliphatic hydroxyl groups is 1. The number of ether oxygens (including phenoxy) is 3. The summed E-state index contributed by atoms with van der Waals surface area (Å²) in [6.07, 6.45) is 6.35. The van der Waals surface area contributed by atoms with Crippen LogP contribution in [0.3, 0.4) is 0 Å². The first-order valence-corrected chi connectivity index (χ1v) is 11.0. The van der Waals surface area contributed by atoms with Gasteiger partial charge in [-0.05, 0) is 18.6 Å². The van der Waals surface area contributed by atoms with E-state index >= 15 is 0 Å². The zero-order valence-corrected chi connectivity index (χ0v) is 19.3. The van der Waals surface area contributed by atoms with Crippen LogP contribution < -0.4 is 24.4 Å². The highest BCUT2D eigenvalue weighted by atomic mass is 16.5. The van der Waals surface area contributed by atoms with E-state index in [-0.39, 0.29) is 12.5 Å². The second-order valence-corrected chi connectivity index (χ2v) is 8.06. The van der Waals surface area contributed by atoms with Gasteiger partial charge in [-0.3, -0.25) is 0 Å². The molecule has 1 atom stereocenters. The Morgan fingerprint density at radius 1 is 1.15 bits per heavy atom. The molecule has 34 heavy (non-hydrogen) atoms. The first-order valence-electron chi connectivity index (χ1n) is 11.0. The van der Waals surface area contributed by atoms with Gasteiger partial charge in [0, 0.05) is 43.9 Å². The van der Waals surface area contributed by atoms with Crippen LogP contribution in [-0.4, -0.2) is 70.3 Å². The van der Waals surface area contributed by atoms with Gasteiger partial charge in [-0.15, -0.1) is 5.10 Å². The third-order valence-electron chi connectivity index (χ3n) is 5.99. The molecule has 0 aliphatic carbocycles. The number of methoxy groups -OCH3 is 3. The zero-order valence-electron chi connectivity index (χ0n) is 19.3. The van der Waals surface area contributed by atoms with Gasteiger partial charge in [0.15, 0.2) is 23.1 Å². The summed E-state index contributed by atoms with van der Waals surface area (Å²) in [4.78, 5) is 11.4. The number of imidazole rings is 1. The molecule has 1 aliphatic rings. The van der Waals surface area contributed by atoms with Crippen molar-refractivity contribution in [1.82, 2.24) is 24.1 Å².